The van der Waals surface area contributed by atoms with E-state index < -0.39 is 0 Å². The summed E-state index contributed by atoms with van der Waals surface area (Å²) in [6, 6.07) is 0. The lowest BCUT2D eigenvalue weighted by molar-refractivity contribution is -0.132. The average molecular weight is 276 g/mol. The lowest BCUT2D eigenvalue weighted by atomic mass is 10.3. The smallest absolute Gasteiger partial charge is 0.234 e. The molecule has 0 atom stereocenters. The summed E-state index contributed by atoms with van der Waals surface area (Å²) >= 11 is 5.55. The van der Waals surface area contributed by atoms with E-state index in [9.17, 15) is 9.59 Å². The second-order valence-electron chi connectivity index (χ2n) is 4.45. The van der Waals surface area contributed by atoms with Crippen LogP contribution < -0.4 is 5.32 Å². The summed E-state index contributed by atoms with van der Waals surface area (Å²) in [5.41, 5.74) is 0. The van der Waals surface area contributed by atoms with Gasteiger partial charge in [-0.1, -0.05) is 6.92 Å². The van der Waals surface area contributed by atoms with E-state index in [-0.39, 0.29) is 11.8 Å². The second kappa shape index (κ2) is 8.32. The fourth-order valence-electron chi connectivity index (χ4n) is 1.92. The minimum atomic E-state index is 0.0670. The highest BCUT2D eigenvalue weighted by Crippen LogP contribution is 2.04. The van der Waals surface area contributed by atoms with Gasteiger partial charge in [-0.15, -0.1) is 11.6 Å². The first-order valence-electron chi connectivity index (χ1n) is 6.50. The van der Waals surface area contributed by atoms with Crippen LogP contribution in [-0.2, 0) is 9.59 Å². The first-order valence-corrected chi connectivity index (χ1v) is 7.03. The summed E-state index contributed by atoms with van der Waals surface area (Å²) < 4.78 is 0. The molecule has 1 rings (SSSR count). The molecule has 0 aliphatic carbocycles. The molecular weight excluding hydrogens is 254 g/mol. The highest BCUT2D eigenvalue weighted by atomic mass is 35.5. The number of alkyl halides is 1. The van der Waals surface area contributed by atoms with Gasteiger partial charge in [0.15, 0.2) is 0 Å². The lowest BCUT2D eigenvalue weighted by Gasteiger charge is -2.34. The Kier molecular flexibility index (Phi) is 7.05. The quantitative estimate of drug-likeness (QED) is 0.709. The molecule has 0 saturated carbocycles. The maximum Gasteiger partial charge on any atom is 0.234 e. The molecule has 1 aliphatic rings. The molecule has 0 bridgehead atoms. The Labute approximate surface area is 113 Å². The third-order valence-electron chi connectivity index (χ3n) is 2.97. The summed E-state index contributed by atoms with van der Waals surface area (Å²) in [6.07, 6.45) is 1.35. The van der Waals surface area contributed by atoms with Gasteiger partial charge in [0.2, 0.25) is 11.8 Å². The van der Waals surface area contributed by atoms with Gasteiger partial charge in [-0.05, 0) is 6.42 Å². The number of hydrogen-bond acceptors (Lipinski definition) is 3. The number of rotatable bonds is 6. The molecule has 0 spiro atoms. The molecule has 1 heterocycles. The Balaban J connectivity index is 2.22. The molecule has 6 heteroatoms. The molecule has 5 nitrogen and oxygen atoms in total. The van der Waals surface area contributed by atoms with Crippen LogP contribution in [0.2, 0.25) is 0 Å². The molecule has 1 fully saturated rings. The average Bonchev–Trinajstić information content (AvgIpc) is 2.37. The van der Waals surface area contributed by atoms with Gasteiger partial charge in [-0.3, -0.25) is 14.5 Å². The van der Waals surface area contributed by atoms with Crippen LogP contribution in [0.3, 0.4) is 0 Å². The molecule has 0 unspecified atom stereocenters. The second-order valence-corrected chi connectivity index (χ2v) is 4.82. The number of nitrogens with zero attached hydrogens (tertiary/aromatic N) is 2. The van der Waals surface area contributed by atoms with Crippen molar-refractivity contribution < 1.29 is 9.59 Å². The molecule has 0 aromatic carbocycles. The Morgan fingerprint density at radius 3 is 2.44 bits per heavy atom. The fraction of sp³-hybridized carbons (Fsp3) is 0.833. The van der Waals surface area contributed by atoms with Crippen LogP contribution in [0.5, 0.6) is 0 Å². The molecule has 1 saturated heterocycles. The van der Waals surface area contributed by atoms with Gasteiger partial charge in [-0.2, -0.15) is 0 Å². The van der Waals surface area contributed by atoms with Crippen molar-refractivity contribution in [3.05, 3.63) is 0 Å². The van der Waals surface area contributed by atoms with Gasteiger partial charge < -0.3 is 10.2 Å². The number of hydrogen-bond donors (Lipinski definition) is 1. The zero-order chi connectivity index (χ0) is 13.4. The van der Waals surface area contributed by atoms with E-state index in [1.165, 1.54) is 0 Å². The van der Waals surface area contributed by atoms with Gasteiger partial charge in [0, 0.05) is 45.0 Å². The van der Waals surface area contributed by atoms with Gasteiger partial charge in [0.25, 0.3) is 0 Å². The number of carbonyl (C=O) groups is 2. The van der Waals surface area contributed by atoms with Crippen LogP contribution in [0.15, 0.2) is 0 Å². The minimum absolute atomic E-state index is 0.0670. The summed E-state index contributed by atoms with van der Waals surface area (Å²) in [4.78, 5) is 27.1. The molecule has 0 aromatic rings. The van der Waals surface area contributed by atoms with Crippen LogP contribution in [-0.4, -0.2) is 66.8 Å². The standard InChI is InChI=1S/C12H22ClN3O2/c1-2-5-14-11(17)10-15-6-8-16(9-7-15)12(18)3-4-13/h2-10H2,1H3,(H,14,17). The Hall–Kier alpha value is -0.810. The van der Waals surface area contributed by atoms with Crippen LogP contribution >= 0.6 is 11.6 Å². The Bertz CT molecular complexity index is 278. The molecule has 0 radical (unpaired) electrons. The predicted molar refractivity (Wildman–Crippen MR) is 71.7 cm³/mol. The van der Waals surface area contributed by atoms with E-state index in [2.05, 4.69) is 10.2 Å². The fourth-order valence-corrected chi connectivity index (χ4v) is 2.08. The van der Waals surface area contributed by atoms with Crippen molar-refractivity contribution in [3.63, 3.8) is 0 Å². The number of halogens is 1. The van der Waals surface area contributed by atoms with Crippen LogP contribution in [0.4, 0.5) is 0 Å². The maximum absolute atomic E-state index is 11.6. The zero-order valence-corrected chi connectivity index (χ0v) is 11.7. The van der Waals surface area contributed by atoms with Crippen LogP contribution in [0, 0.1) is 0 Å². The van der Waals surface area contributed by atoms with Gasteiger partial charge >= 0.3 is 0 Å². The summed E-state index contributed by atoms with van der Waals surface area (Å²) in [5.74, 6) is 0.552. The molecule has 104 valence electrons. The van der Waals surface area contributed by atoms with Gasteiger partial charge in [-0.25, -0.2) is 0 Å². The topological polar surface area (TPSA) is 52.7 Å². The van der Waals surface area contributed by atoms with E-state index in [0.29, 0.717) is 31.9 Å². The maximum atomic E-state index is 11.6. The number of nitrogens with one attached hydrogen (secondary N) is 1. The van der Waals surface area contributed by atoms with Crippen LogP contribution in [0.25, 0.3) is 0 Å². The molecule has 0 aromatic heterocycles. The minimum Gasteiger partial charge on any atom is -0.355 e. The third-order valence-corrected chi connectivity index (χ3v) is 3.16. The summed E-state index contributed by atoms with van der Waals surface area (Å²) in [7, 11) is 0. The van der Waals surface area contributed by atoms with Crippen molar-refractivity contribution in [1.29, 1.82) is 0 Å². The monoisotopic (exact) mass is 275 g/mol. The SMILES string of the molecule is CCCNC(=O)CN1CCN(C(=O)CCCl)CC1. The molecule has 18 heavy (non-hydrogen) atoms. The van der Waals surface area contributed by atoms with Crippen molar-refractivity contribution in [2.45, 2.75) is 19.8 Å². The predicted octanol–water partition coefficient (Wildman–Crippen LogP) is 0.286. The first-order chi connectivity index (χ1) is 8.67. The molecular formula is C12H22ClN3O2. The van der Waals surface area contributed by atoms with Crippen LogP contribution in [0.1, 0.15) is 19.8 Å². The lowest BCUT2D eigenvalue weighted by Crippen LogP contribution is -2.51. The zero-order valence-electron chi connectivity index (χ0n) is 11.0. The van der Waals surface area contributed by atoms with Crippen molar-refractivity contribution >= 4 is 23.4 Å². The van der Waals surface area contributed by atoms with E-state index in [1.807, 2.05) is 11.8 Å². The molecule has 2 amide bonds. The van der Waals surface area contributed by atoms with Gasteiger partial charge in [0.05, 0.1) is 6.54 Å². The van der Waals surface area contributed by atoms with E-state index in [0.717, 1.165) is 26.1 Å². The highest BCUT2D eigenvalue weighted by molar-refractivity contribution is 6.18. The van der Waals surface area contributed by atoms with E-state index in [4.69, 9.17) is 11.6 Å². The first kappa shape index (κ1) is 15.2. The normalized spacial score (nSPS) is 16.7. The number of carbonyl (C=O) groups excluding carboxylic acids is 2. The van der Waals surface area contributed by atoms with Gasteiger partial charge in [0.1, 0.15) is 0 Å². The summed E-state index contributed by atoms with van der Waals surface area (Å²) in [6.45, 7) is 6.08. The largest absolute Gasteiger partial charge is 0.355 e. The molecule has 1 aliphatic heterocycles. The van der Waals surface area contributed by atoms with Crippen molar-refractivity contribution in [3.8, 4) is 0 Å². The van der Waals surface area contributed by atoms with E-state index >= 15 is 0 Å². The number of amides is 2. The van der Waals surface area contributed by atoms with E-state index in [1.54, 1.807) is 0 Å². The Morgan fingerprint density at radius 1 is 1.22 bits per heavy atom. The summed E-state index contributed by atoms with van der Waals surface area (Å²) in [5, 5.41) is 2.86. The van der Waals surface area contributed by atoms with Crippen molar-refractivity contribution in [1.82, 2.24) is 15.1 Å². The van der Waals surface area contributed by atoms with Crippen molar-refractivity contribution in [2.24, 2.45) is 0 Å². The molecule has 1 N–H and O–H groups in total. The number of piperazine rings is 1. The third kappa shape index (κ3) is 5.23. The van der Waals surface area contributed by atoms with Crippen molar-refractivity contribution in [2.75, 3.05) is 45.1 Å². The Morgan fingerprint density at radius 2 is 1.89 bits per heavy atom. The highest BCUT2D eigenvalue weighted by Gasteiger charge is 2.21.